The first-order valence-corrected chi connectivity index (χ1v) is 10.7. The van der Waals surface area contributed by atoms with Gasteiger partial charge in [-0.15, -0.1) is 11.3 Å². The van der Waals surface area contributed by atoms with Crippen molar-refractivity contribution in [3.8, 4) is 0 Å². The number of anilines is 1. The Kier molecular flexibility index (Phi) is 9.09. The van der Waals surface area contributed by atoms with Crippen molar-refractivity contribution in [2.75, 3.05) is 32.0 Å². The molecule has 1 aromatic carbocycles. The van der Waals surface area contributed by atoms with Crippen LogP contribution in [-0.4, -0.2) is 41.6 Å². The fourth-order valence-electron chi connectivity index (χ4n) is 2.75. The summed E-state index contributed by atoms with van der Waals surface area (Å²) in [6.07, 6.45) is 3.63. The van der Waals surface area contributed by atoms with Gasteiger partial charge in [0.1, 0.15) is 0 Å². The highest BCUT2D eigenvalue weighted by Crippen LogP contribution is 2.15. The molecule has 26 heavy (non-hydrogen) atoms. The van der Waals surface area contributed by atoms with Crippen LogP contribution in [0.2, 0.25) is 0 Å². The number of unbranched alkanes of at least 4 members (excludes halogenated alkanes) is 1. The summed E-state index contributed by atoms with van der Waals surface area (Å²) in [6.45, 7) is 8.45. The van der Waals surface area contributed by atoms with Crippen molar-refractivity contribution in [1.29, 1.82) is 0 Å². The zero-order valence-corrected chi connectivity index (χ0v) is 17.8. The highest BCUT2D eigenvalue weighted by Gasteiger charge is 2.12. The Balaban J connectivity index is 1.91. The smallest absolute Gasteiger partial charge is 0.173 e. The van der Waals surface area contributed by atoms with Gasteiger partial charge in [-0.05, 0) is 75.7 Å². The Morgan fingerprint density at radius 3 is 2.46 bits per heavy atom. The summed E-state index contributed by atoms with van der Waals surface area (Å²) in [4.78, 5) is 6.05. The van der Waals surface area contributed by atoms with Crippen molar-refractivity contribution in [3.05, 3.63) is 52.2 Å². The molecule has 1 heterocycles. The second kappa shape index (κ2) is 11.3. The molecule has 0 saturated carbocycles. The lowest BCUT2D eigenvalue weighted by atomic mass is 10.2. The van der Waals surface area contributed by atoms with Gasteiger partial charge in [-0.25, -0.2) is 0 Å². The molecule has 1 N–H and O–H groups in total. The van der Waals surface area contributed by atoms with Crippen LogP contribution in [-0.2, 0) is 6.54 Å². The Bertz CT molecular complexity index is 638. The van der Waals surface area contributed by atoms with E-state index >= 15 is 0 Å². The van der Waals surface area contributed by atoms with Gasteiger partial charge in [-0.1, -0.05) is 37.1 Å². The summed E-state index contributed by atoms with van der Waals surface area (Å²) in [6, 6.07) is 12.7. The highest BCUT2D eigenvalue weighted by molar-refractivity contribution is 7.80. The topological polar surface area (TPSA) is 18.5 Å². The summed E-state index contributed by atoms with van der Waals surface area (Å²) in [7, 11) is 2.21. The number of nitrogens with one attached hydrogen (secondary N) is 1. The number of thiocarbonyl (C=S) groups is 1. The molecule has 0 amide bonds. The Morgan fingerprint density at radius 1 is 1.08 bits per heavy atom. The Hall–Kier alpha value is -1.43. The molecule has 0 radical (unpaired) electrons. The lowest BCUT2D eigenvalue weighted by Crippen LogP contribution is -2.36. The third-order valence-electron chi connectivity index (χ3n) is 4.38. The largest absolute Gasteiger partial charge is 0.344 e. The van der Waals surface area contributed by atoms with Crippen molar-refractivity contribution < 1.29 is 0 Å². The van der Waals surface area contributed by atoms with E-state index in [0.717, 1.165) is 36.9 Å². The fourth-order valence-corrected chi connectivity index (χ4v) is 3.75. The summed E-state index contributed by atoms with van der Waals surface area (Å²) < 4.78 is 0. The normalized spacial score (nSPS) is 10.9. The van der Waals surface area contributed by atoms with Crippen molar-refractivity contribution in [1.82, 2.24) is 9.80 Å². The number of aryl methyl sites for hydroxylation is 1. The van der Waals surface area contributed by atoms with Gasteiger partial charge >= 0.3 is 0 Å². The van der Waals surface area contributed by atoms with Crippen LogP contribution in [0.15, 0.2) is 41.8 Å². The first-order valence-electron chi connectivity index (χ1n) is 9.42. The van der Waals surface area contributed by atoms with E-state index in [2.05, 4.69) is 77.8 Å². The minimum Gasteiger partial charge on any atom is -0.344 e. The molecular weight excluding hydrogens is 358 g/mol. The Labute approximate surface area is 168 Å². The first kappa shape index (κ1) is 20.9. The van der Waals surface area contributed by atoms with E-state index in [0.29, 0.717) is 0 Å². The van der Waals surface area contributed by atoms with Gasteiger partial charge in [0, 0.05) is 17.1 Å². The van der Waals surface area contributed by atoms with E-state index in [9.17, 15) is 0 Å². The maximum absolute atomic E-state index is 5.72. The number of nitrogens with zero attached hydrogens (tertiary/aromatic N) is 2. The van der Waals surface area contributed by atoms with Crippen LogP contribution in [0.4, 0.5) is 5.69 Å². The van der Waals surface area contributed by atoms with E-state index in [-0.39, 0.29) is 0 Å². The fraction of sp³-hybridized carbons (Fsp3) is 0.476. The van der Waals surface area contributed by atoms with Crippen LogP contribution < -0.4 is 5.32 Å². The molecule has 5 heteroatoms. The summed E-state index contributed by atoms with van der Waals surface area (Å²) >= 11 is 7.51. The number of benzene rings is 1. The average molecular weight is 390 g/mol. The van der Waals surface area contributed by atoms with Gasteiger partial charge in [-0.2, -0.15) is 0 Å². The Morgan fingerprint density at radius 2 is 1.81 bits per heavy atom. The first-order chi connectivity index (χ1) is 12.6. The van der Waals surface area contributed by atoms with Crippen LogP contribution in [0.1, 0.15) is 36.6 Å². The summed E-state index contributed by atoms with van der Waals surface area (Å²) in [5.41, 5.74) is 2.31. The maximum atomic E-state index is 5.72. The van der Waals surface area contributed by atoms with Crippen molar-refractivity contribution >= 4 is 34.4 Å². The molecule has 3 nitrogen and oxygen atoms in total. The van der Waals surface area contributed by atoms with Crippen molar-refractivity contribution in [2.45, 2.75) is 39.7 Å². The second-order valence-electron chi connectivity index (χ2n) is 6.81. The summed E-state index contributed by atoms with van der Waals surface area (Å²) in [5, 5.41) is 6.33. The molecule has 0 unspecified atom stereocenters. The van der Waals surface area contributed by atoms with E-state index in [1.54, 1.807) is 11.3 Å². The summed E-state index contributed by atoms with van der Waals surface area (Å²) in [5.74, 6) is 0. The molecule has 0 saturated heterocycles. The number of hydrogen-bond donors (Lipinski definition) is 1. The van der Waals surface area contributed by atoms with E-state index in [1.807, 2.05) is 0 Å². The van der Waals surface area contributed by atoms with Gasteiger partial charge in [-0.3, -0.25) is 0 Å². The second-order valence-corrected chi connectivity index (χ2v) is 8.23. The van der Waals surface area contributed by atoms with E-state index in [4.69, 9.17) is 12.2 Å². The predicted octanol–water partition coefficient (Wildman–Crippen LogP) is 5.38. The molecule has 1 aromatic heterocycles. The molecule has 142 valence electrons. The van der Waals surface area contributed by atoms with Crippen LogP contribution >= 0.6 is 23.6 Å². The van der Waals surface area contributed by atoms with E-state index < -0.39 is 0 Å². The molecule has 2 aromatic rings. The van der Waals surface area contributed by atoms with Crippen molar-refractivity contribution in [2.24, 2.45) is 0 Å². The van der Waals surface area contributed by atoms with Gasteiger partial charge in [0.2, 0.25) is 0 Å². The highest BCUT2D eigenvalue weighted by atomic mass is 32.1. The lowest BCUT2D eigenvalue weighted by molar-refractivity contribution is 0.300. The van der Waals surface area contributed by atoms with Crippen LogP contribution in [0.25, 0.3) is 0 Å². The number of rotatable bonds is 10. The lowest BCUT2D eigenvalue weighted by Gasteiger charge is -2.26. The molecule has 0 aliphatic heterocycles. The molecule has 0 fully saturated rings. The zero-order valence-electron chi connectivity index (χ0n) is 16.2. The zero-order chi connectivity index (χ0) is 18.8. The maximum Gasteiger partial charge on any atom is 0.173 e. The number of hydrogen-bond acceptors (Lipinski definition) is 3. The number of thiophene rings is 1. The monoisotopic (exact) mass is 389 g/mol. The predicted molar refractivity (Wildman–Crippen MR) is 119 cm³/mol. The molecule has 0 bridgehead atoms. The SMILES string of the molecule is CCCCN(C)CCCN(Cc1cccs1)C(=S)Nc1ccc(C)cc1. The molecular formula is C21H31N3S2. The minimum atomic E-state index is 0.804. The van der Waals surface area contributed by atoms with Gasteiger partial charge < -0.3 is 15.1 Å². The molecule has 0 atom stereocenters. The van der Waals surface area contributed by atoms with Crippen LogP contribution in [0.3, 0.4) is 0 Å². The van der Waals surface area contributed by atoms with Gasteiger partial charge in [0.15, 0.2) is 5.11 Å². The van der Waals surface area contributed by atoms with Gasteiger partial charge in [0.05, 0.1) is 6.54 Å². The van der Waals surface area contributed by atoms with Crippen LogP contribution in [0.5, 0.6) is 0 Å². The molecule has 2 rings (SSSR count). The van der Waals surface area contributed by atoms with Crippen LogP contribution in [0, 0.1) is 6.92 Å². The van der Waals surface area contributed by atoms with Crippen molar-refractivity contribution in [3.63, 3.8) is 0 Å². The molecule has 0 aliphatic carbocycles. The van der Waals surface area contributed by atoms with E-state index in [1.165, 1.54) is 29.8 Å². The average Bonchev–Trinajstić information content (AvgIpc) is 3.14. The quantitative estimate of drug-likeness (QED) is 0.550. The van der Waals surface area contributed by atoms with Gasteiger partial charge in [0.25, 0.3) is 0 Å². The third kappa shape index (κ3) is 7.44. The standard InChI is InChI=1S/C21H31N3S2/c1-4-5-13-23(3)14-7-15-24(17-20-8-6-16-26-20)21(25)22-19-11-9-18(2)10-12-19/h6,8-12,16H,4-5,7,13-15,17H2,1-3H3,(H,22,25). The minimum absolute atomic E-state index is 0.804. The molecule has 0 aliphatic rings. The third-order valence-corrected chi connectivity index (χ3v) is 5.60. The molecule has 0 spiro atoms.